The number of ether oxygens (including phenoxy) is 1. The van der Waals surface area contributed by atoms with Crippen LogP contribution in [0.25, 0.3) is 0 Å². The molecule has 2 N–H and O–H groups in total. The van der Waals surface area contributed by atoms with Gasteiger partial charge in [0, 0.05) is 17.7 Å². The topological polar surface area (TPSA) is 58.6 Å². The van der Waals surface area contributed by atoms with Crippen LogP contribution >= 0.6 is 0 Å². The van der Waals surface area contributed by atoms with Crippen molar-refractivity contribution in [2.45, 2.75) is 39.3 Å². The molecule has 0 aromatic heterocycles. The number of rotatable bonds is 7. The van der Waals surface area contributed by atoms with E-state index in [4.69, 9.17) is 9.84 Å². The Hall–Kier alpha value is -1.62. The molecule has 1 aromatic rings. The number of aliphatic carboxylic acids is 1. The van der Waals surface area contributed by atoms with Crippen LogP contribution in [0.2, 0.25) is 0 Å². The lowest BCUT2D eigenvalue weighted by molar-refractivity contribution is -0.145. The quantitative estimate of drug-likeness (QED) is 0.799. The van der Waals surface area contributed by atoms with Crippen LogP contribution in [0, 0.1) is 5.82 Å². The monoisotopic (exact) mass is 269 g/mol. The molecule has 0 spiro atoms. The summed E-state index contributed by atoms with van der Waals surface area (Å²) in [5.74, 6) is -1.21. The number of halogens is 1. The summed E-state index contributed by atoms with van der Waals surface area (Å²) in [7, 11) is 0. The fourth-order valence-electron chi connectivity index (χ4n) is 1.82. The third-order valence-electron chi connectivity index (χ3n) is 2.87. The summed E-state index contributed by atoms with van der Waals surface area (Å²) in [6.45, 7) is 6.27. The third kappa shape index (κ3) is 4.21. The highest BCUT2D eigenvalue weighted by molar-refractivity contribution is 5.72. The molecule has 0 aliphatic heterocycles. The van der Waals surface area contributed by atoms with E-state index in [1.807, 2.05) is 13.8 Å². The molecule has 0 fully saturated rings. The van der Waals surface area contributed by atoms with Crippen molar-refractivity contribution in [2.75, 3.05) is 6.54 Å². The van der Waals surface area contributed by atoms with Crippen LogP contribution in [0.15, 0.2) is 18.2 Å². The predicted octanol–water partition coefficient (Wildman–Crippen LogP) is 2.74. The second-order valence-electron chi connectivity index (χ2n) is 4.32. The Balaban J connectivity index is 2.84. The molecular weight excluding hydrogens is 249 g/mol. The zero-order chi connectivity index (χ0) is 14.4. The largest absolute Gasteiger partial charge is 0.479 e. The fourth-order valence-corrected chi connectivity index (χ4v) is 1.82. The molecule has 5 heteroatoms. The number of hydrogen-bond acceptors (Lipinski definition) is 3. The molecule has 2 unspecified atom stereocenters. The SMILES string of the molecule is CCNC(C)c1ccc(OC(CC)C(=O)O)cc1F. The molecule has 0 bridgehead atoms. The highest BCUT2D eigenvalue weighted by Gasteiger charge is 2.18. The van der Waals surface area contributed by atoms with Crippen molar-refractivity contribution in [3.63, 3.8) is 0 Å². The van der Waals surface area contributed by atoms with Crippen LogP contribution < -0.4 is 10.1 Å². The molecule has 106 valence electrons. The van der Waals surface area contributed by atoms with Crippen molar-refractivity contribution in [1.29, 1.82) is 0 Å². The average molecular weight is 269 g/mol. The minimum absolute atomic E-state index is 0.0968. The zero-order valence-corrected chi connectivity index (χ0v) is 11.4. The van der Waals surface area contributed by atoms with Gasteiger partial charge in [-0.05, 0) is 26.0 Å². The number of hydrogen-bond donors (Lipinski definition) is 2. The predicted molar refractivity (Wildman–Crippen MR) is 70.8 cm³/mol. The second kappa shape index (κ2) is 7.09. The Bertz CT molecular complexity index is 437. The Morgan fingerprint density at radius 3 is 2.63 bits per heavy atom. The van der Waals surface area contributed by atoms with Gasteiger partial charge in [0.1, 0.15) is 11.6 Å². The van der Waals surface area contributed by atoms with Crippen LogP contribution in [-0.2, 0) is 4.79 Å². The van der Waals surface area contributed by atoms with E-state index in [1.54, 1.807) is 19.1 Å². The molecule has 0 saturated heterocycles. The maximum Gasteiger partial charge on any atom is 0.344 e. The van der Waals surface area contributed by atoms with Crippen molar-refractivity contribution >= 4 is 5.97 Å². The number of carboxylic acid groups (broad SMARTS) is 1. The van der Waals surface area contributed by atoms with E-state index in [1.165, 1.54) is 6.07 Å². The first kappa shape index (κ1) is 15.4. The smallest absolute Gasteiger partial charge is 0.344 e. The van der Waals surface area contributed by atoms with E-state index < -0.39 is 17.9 Å². The maximum atomic E-state index is 13.9. The first-order chi connectivity index (χ1) is 8.99. The van der Waals surface area contributed by atoms with Gasteiger partial charge in [-0.3, -0.25) is 0 Å². The highest BCUT2D eigenvalue weighted by atomic mass is 19.1. The minimum atomic E-state index is -1.05. The summed E-state index contributed by atoms with van der Waals surface area (Å²) in [6, 6.07) is 4.35. The van der Waals surface area contributed by atoms with Crippen LogP contribution in [-0.4, -0.2) is 23.7 Å². The Labute approximate surface area is 112 Å². The van der Waals surface area contributed by atoms with Gasteiger partial charge < -0.3 is 15.2 Å². The number of carbonyl (C=O) groups is 1. The van der Waals surface area contributed by atoms with Crippen LogP contribution in [0.4, 0.5) is 4.39 Å². The molecule has 2 atom stereocenters. The zero-order valence-electron chi connectivity index (χ0n) is 11.4. The lowest BCUT2D eigenvalue weighted by Gasteiger charge is -2.16. The van der Waals surface area contributed by atoms with Gasteiger partial charge in [0.15, 0.2) is 6.10 Å². The summed E-state index contributed by atoms with van der Waals surface area (Å²) in [5.41, 5.74) is 0.539. The first-order valence-electron chi connectivity index (χ1n) is 6.41. The van der Waals surface area contributed by atoms with Gasteiger partial charge in [-0.1, -0.05) is 19.9 Å². The Morgan fingerprint density at radius 1 is 1.47 bits per heavy atom. The standard InChI is InChI=1S/C14H20FNO3/c1-4-13(14(17)18)19-10-6-7-11(12(15)8-10)9(3)16-5-2/h6-9,13,16H,4-5H2,1-3H3,(H,17,18). The molecule has 0 aliphatic rings. The van der Waals surface area contributed by atoms with Gasteiger partial charge >= 0.3 is 5.97 Å². The third-order valence-corrected chi connectivity index (χ3v) is 2.87. The van der Waals surface area contributed by atoms with Crippen molar-refractivity contribution in [3.05, 3.63) is 29.6 Å². The lowest BCUT2D eigenvalue weighted by atomic mass is 10.1. The van der Waals surface area contributed by atoms with Crippen LogP contribution in [0.1, 0.15) is 38.8 Å². The molecule has 0 radical (unpaired) electrons. The normalized spacial score (nSPS) is 13.9. The molecule has 0 heterocycles. The Morgan fingerprint density at radius 2 is 2.16 bits per heavy atom. The molecular formula is C14H20FNO3. The van der Waals surface area contributed by atoms with Gasteiger partial charge in [0.25, 0.3) is 0 Å². The molecule has 1 rings (SSSR count). The van der Waals surface area contributed by atoms with Crippen molar-refractivity contribution < 1.29 is 19.0 Å². The molecule has 19 heavy (non-hydrogen) atoms. The van der Waals surface area contributed by atoms with E-state index in [2.05, 4.69) is 5.32 Å². The molecule has 4 nitrogen and oxygen atoms in total. The molecule has 0 saturated carbocycles. The van der Waals surface area contributed by atoms with E-state index in [-0.39, 0.29) is 11.8 Å². The lowest BCUT2D eigenvalue weighted by Crippen LogP contribution is -2.26. The fraction of sp³-hybridized carbons (Fsp3) is 0.500. The van der Waals surface area contributed by atoms with E-state index in [9.17, 15) is 9.18 Å². The molecule has 1 aromatic carbocycles. The van der Waals surface area contributed by atoms with Crippen LogP contribution in [0.3, 0.4) is 0 Å². The van der Waals surface area contributed by atoms with E-state index in [0.717, 1.165) is 6.54 Å². The van der Waals surface area contributed by atoms with Gasteiger partial charge in [0.05, 0.1) is 0 Å². The number of nitrogens with one attached hydrogen (secondary N) is 1. The summed E-state index contributed by atoms with van der Waals surface area (Å²) in [6.07, 6.45) is -0.622. The first-order valence-corrected chi connectivity index (χ1v) is 6.41. The summed E-state index contributed by atoms with van der Waals surface area (Å²) >= 11 is 0. The van der Waals surface area contributed by atoms with Gasteiger partial charge in [-0.25, -0.2) is 9.18 Å². The van der Waals surface area contributed by atoms with Gasteiger partial charge in [-0.2, -0.15) is 0 Å². The summed E-state index contributed by atoms with van der Waals surface area (Å²) < 4.78 is 19.2. The van der Waals surface area contributed by atoms with Gasteiger partial charge in [0.2, 0.25) is 0 Å². The van der Waals surface area contributed by atoms with Crippen molar-refractivity contribution in [3.8, 4) is 5.75 Å². The number of carboxylic acids is 1. The van der Waals surface area contributed by atoms with Gasteiger partial charge in [-0.15, -0.1) is 0 Å². The number of benzene rings is 1. The molecule has 0 amide bonds. The van der Waals surface area contributed by atoms with E-state index in [0.29, 0.717) is 12.0 Å². The average Bonchev–Trinajstić information content (AvgIpc) is 2.35. The Kier molecular flexibility index (Phi) is 5.76. The second-order valence-corrected chi connectivity index (χ2v) is 4.32. The van der Waals surface area contributed by atoms with E-state index >= 15 is 0 Å². The summed E-state index contributed by atoms with van der Waals surface area (Å²) in [5, 5.41) is 12.0. The van der Waals surface area contributed by atoms with Crippen LogP contribution in [0.5, 0.6) is 5.75 Å². The van der Waals surface area contributed by atoms with Crippen molar-refractivity contribution in [2.24, 2.45) is 0 Å². The van der Waals surface area contributed by atoms with Crippen molar-refractivity contribution in [1.82, 2.24) is 5.32 Å². The minimum Gasteiger partial charge on any atom is -0.479 e. The maximum absolute atomic E-state index is 13.9. The molecule has 0 aliphatic carbocycles. The highest BCUT2D eigenvalue weighted by Crippen LogP contribution is 2.23. The summed E-state index contributed by atoms with van der Waals surface area (Å²) in [4.78, 5) is 10.9.